The lowest BCUT2D eigenvalue weighted by molar-refractivity contribution is -0.145. The zero-order chi connectivity index (χ0) is 16.0. The molecule has 1 saturated heterocycles. The predicted molar refractivity (Wildman–Crippen MR) is 82.9 cm³/mol. The van der Waals surface area contributed by atoms with Gasteiger partial charge < -0.3 is 19.7 Å². The number of nitrogens with zero attached hydrogens (tertiary/aromatic N) is 3. The number of carbonyl (C=O) groups excluding carboxylic acids is 1. The quantitative estimate of drug-likeness (QED) is 0.848. The molecule has 1 saturated carbocycles. The molecule has 0 unspecified atom stereocenters. The maximum absolute atomic E-state index is 12.7. The zero-order valence-corrected chi connectivity index (χ0v) is 13.0. The number of rotatable bonds is 2. The van der Waals surface area contributed by atoms with Crippen molar-refractivity contribution in [2.75, 3.05) is 13.2 Å². The van der Waals surface area contributed by atoms with E-state index >= 15 is 0 Å². The number of aromatic nitrogens is 3. The molecule has 23 heavy (non-hydrogen) atoms. The Morgan fingerprint density at radius 3 is 2.96 bits per heavy atom. The number of hydrogen-bond donors (Lipinski definition) is 2. The molecule has 4 rings (SSSR count). The highest BCUT2D eigenvalue weighted by Crippen LogP contribution is 2.49. The van der Waals surface area contributed by atoms with E-state index in [0.717, 1.165) is 12.8 Å². The van der Waals surface area contributed by atoms with Gasteiger partial charge in [-0.2, -0.15) is 0 Å². The van der Waals surface area contributed by atoms with Gasteiger partial charge in [-0.1, -0.05) is 0 Å². The molecule has 7 heteroatoms. The summed E-state index contributed by atoms with van der Waals surface area (Å²) >= 11 is 0. The number of nitrogens with one attached hydrogen (secondary N) is 1. The second kappa shape index (κ2) is 5.28. The van der Waals surface area contributed by atoms with Crippen LogP contribution >= 0.6 is 0 Å². The Labute approximate surface area is 133 Å². The van der Waals surface area contributed by atoms with Crippen molar-refractivity contribution in [3.8, 4) is 0 Å². The van der Waals surface area contributed by atoms with Gasteiger partial charge >= 0.3 is 0 Å². The summed E-state index contributed by atoms with van der Waals surface area (Å²) in [6.07, 6.45) is 5.09. The summed E-state index contributed by atoms with van der Waals surface area (Å²) in [4.78, 5) is 21.2. The Balaban J connectivity index is 1.58. The topological polar surface area (TPSA) is 89.3 Å². The first-order valence-electron chi connectivity index (χ1n) is 7.94. The van der Waals surface area contributed by atoms with Crippen LogP contribution in [0.15, 0.2) is 18.6 Å². The summed E-state index contributed by atoms with van der Waals surface area (Å²) in [5, 5.41) is 13.3. The first-order chi connectivity index (χ1) is 11.1. The lowest BCUT2D eigenvalue weighted by Gasteiger charge is -2.55. The number of fused-ring (bicyclic) bond motifs is 1. The maximum Gasteiger partial charge on any atom is 0.253 e. The average Bonchev–Trinajstić information content (AvgIpc) is 2.96. The van der Waals surface area contributed by atoms with E-state index < -0.39 is 0 Å². The molecule has 3 heterocycles. The number of aliphatic hydroxyl groups excluding tert-OH is 1. The van der Waals surface area contributed by atoms with E-state index in [1.54, 1.807) is 23.2 Å². The lowest BCUT2D eigenvalue weighted by Crippen LogP contribution is -2.65. The van der Waals surface area contributed by atoms with Crippen LogP contribution in [0.5, 0.6) is 0 Å². The van der Waals surface area contributed by atoms with Crippen molar-refractivity contribution < 1.29 is 14.6 Å². The molecule has 0 radical (unpaired) electrons. The van der Waals surface area contributed by atoms with Crippen molar-refractivity contribution in [3.05, 3.63) is 24.2 Å². The van der Waals surface area contributed by atoms with Gasteiger partial charge in [0.25, 0.3) is 5.91 Å². The molecule has 0 aromatic carbocycles. The highest BCUT2D eigenvalue weighted by Gasteiger charge is 2.55. The van der Waals surface area contributed by atoms with Gasteiger partial charge in [0.15, 0.2) is 5.65 Å². The van der Waals surface area contributed by atoms with Crippen LogP contribution in [0.1, 0.15) is 29.6 Å². The third-order valence-corrected chi connectivity index (χ3v) is 5.39. The summed E-state index contributed by atoms with van der Waals surface area (Å²) in [7, 11) is 1.85. The summed E-state index contributed by atoms with van der Waals surface area (Å²) < 4.78 is 7.19. The van der Waals surface area contributed by atoms with Gasteiger partial charge in [0.2, 0.25) is 0 Å². The van der Waals surface area contributed by atoms with E-state index in [1.807, 2.05) is 7.05 Å². The van der Waals surface area contributed by atoms with Crippen LogP contribution in [0, 0.1) is 5.41 Å². The minimum Gasteiger partial charge on any atom is -0.392 e. The van der Waals surface area contributed by atoms with Gasteiger partial charge in [-0.05, 0) is 25.3 Å². The van der Waals surface area contributed by atoms with Crippen LogP contribution < -0.4 is 5.32 Å². The number of aliphatic hydroxyl groups is 1. The molecule has 2 aromatic rings. The van der Waals surface area contributed by atoms with Gasteiger partial charge in [-0.3, -0.25) is 4.79 Å². The summed E-state index contributed by atoms with van der Waals surface area (Å²) in [5.74, 6) is -0.154. The fourth-order valence-corrected chi connectivity index (χ4v) is 3.85. The fourth-order valence-electron chi connectivity index (χ4n) is 3.85. The van der Waals surface area contributed by atoms with Crippen molar-refractivity contribution in [3.63, 3.8) is 0 Å². The number of imidazole rings is 1. The van der Waals surface area contributed by atoms with Crippen molar-refractivity contribution in [2.24, 2.45) is 12.5 Å². The SMILES string of the molecule is Cn1cnc2c(C(=O)N[C@@H]3C[C@@H](O)C34CCOCC4)ccnc21. The third kappa shape index (κ3) is 2.14. The highest BCUT2D eigenvalue weighted by atomic mass is 16.5. The Kier molecular flexibility index (Phi) is 3.35. The smallest absolute Gasteiger partial charge is 0.253 e. The Morgan fingerprint density at radius 1 is 1.43 bits per heavy atom. The number of carbonyl (C=O) groups is 1. The molecule has 2 fully saturated rings. The summed E-state index contributed by atoms with van der Waals surface area (Å²) in [6.45, 7) is 1.28. The van der Waals surface area contributed by atoms with E-state index in [1.165, 1.54) is 0 Å². The van der Waals surface area contributed by atoms with E-state index in [0.29, 0.717) is 36.4 Å². The molecular formula is C16H20N4O3. The van der Waals surface area contributed by atoms with E-state index in [4.69, 9.17) is 4.74 Å². The van der Waals surface area contributed by atoms with Crippen LogP contribution in [-0.2, 0) is 11.8 Å². The molecule has 2 aliphatic rings. The third-order valence-electron chi connectivity index (χ3n) is 5.39. The largest absolute Gasteiger partial charge is 0.392 e. The van der Waals surface area contributed by atoms with Crippen molar-refractivity contribution in [1.29, 1.82) is 0 Å². The molecule has 0 bridgehead atoms. The molecule has 2 atom stereocenters. The average molecular weight is 316 g/mol. The van der Waals surface area contributed by atoms with Gasteiger partial charge in [0, 0.05) is 37.9 Å². The molecule has 2 N–H and O–H groups in total. The van der Waals surface area contributed by atoms with Crippen molar-refractivity contribution >= 4 is 17.1 Å². The Bertz CT molecular complexity index is 751. The first kappa shape index (κ1) is 14.6. The van der Waals surface area contributed by atoms with Crippen LogP contribution in [0.3, 0.4) is 0 Å². The van der Waals surface area contributed by atoms with Gasteiger partial charge in [0.1, 0.15) is 5.52 Å². The van der Waals surface area contributed by atoms with Crippen LogP contribution in [-0.4, -0.2) is 50.9 Å². The standard InChI is InChI=1S/C16H20N4O3/c1-20-9-18-13-10(2-5-17-14(13)20)15(22)19-11-8-12(21)16(11)3-6-23-7-4-16/h2,5,9,11-12,21H,3-4,6-8H2,1H3,(H,19,22)/t11-,12-/m1/s1. The fraction of sp³-hybridized carbons (Fsp3) is 0.562. The number of amides is 1. The van der Waals surface area contributed by atoms with Crippen molar-refractivity contribution in [1.82, 2.24) is 19.9 Å². The minimum atomic E-state index is -0.357. The monoisotopic (exact) mass is 316 g/mol. The van der Waals surface area contributed by atoms with Gasteiger partial charge in [0.05, 0.1) is 18.0 Å². The number of pyridine rings is 1. The Hall–Kier alpha value is -1.99. The molecule has 2 aromatic heterocycles. The van der Waals surface area contributed by atoms with Gasteiger partial charge in [-0.25, -0.2) is 9.97 Å². The molecule has 7 nitrogen and oxygen atoms in total. The molecule has 1 spiro atoms. The Morgan fingerprint density at radius 2 is 2.22 bits per heavy atom. The normalized spacial score (nSPS) is 26.2. The maximum atomic E-state index is 12.7. The second-order valence-corrected chi connectivity index (χ2v) is 6.51. The molecule has 1 amide bonds. The molecule has 1 aliphatic carbocycles. The van der Waals surface area contributed by atoms with E-state index in [-0.39, 0.29) is 23.5 Å². The second-order valence-electron chi connectivity index (χ2n) is 6.51. The number of hydrogen-bond acceptors (Lipinski definition) is 5. The van der Waals surface area contributed by atoms with E-state index in [9.17, 15) is 9.90 Å². The number of ether oxygens (including phenoxy) is 1. The molecule has 1 aliphatic heterocycles. The van der Waals surface area contributed by atoms with Gasteiger partial charge in [-0.15, -0.1) is 0 Å². The predicted octanol–water partition coefficient (Wildman–Crippen LogP) is 0.628. The lowest BCUT2D eigenvalue weighted by atomic mass is 9.58. The molecular weight excluding hydrogens is 296 g/mol. The van der Waals surface area contributed by atoms with Crippen LogP contribution in [0.25, 0.3) is 11.2 Å². The van der Waals surface area contributed by atoms with Crippen molar-refractivity contribution in [2.45, 2.75) is 31.4 Å². The highest BCUT2D eigenvalue weighted by molar-refractivity contribution is 6.04. The summed E-state index contributed by atoms with van der Waals surface area (Å²) in [6, 6.07) is 1.68. The minimum absolute atomic E-state index is 0.0131. The molecule has 122 valence electrons. The van der Waals surface area contributed by atoms with E-state index in [2.05, 4.69) is 15.3 Å². The van der Waals surface area contributed by atoms with Crippen LogP contribution in [0.4, 0.5) is 0 Å². The zero-order valence-electron chi connectivity index (χ0n) is 13.0. The number of aryl methyl sites for hydroxylation is 1. The first-order valence-corrected chi connectivity index (χ1v) is 7.94. The summed E-state index contributed by atoms with van der Waals surface area (Å²) in [5.41, 5.74) is 1.59. The van der Waals surface area contributed by atoms with Crippen LogP contribution in [0.2, 0.25) is 0 Å².